The Kier molecular flexibility index (Phi) is 8.56. The molecule has 0 saturated carbocycles. The van der Waals surface area contributed by atoms with Crippen molar-refractivity contribution in [3.63, 3.8) is 0 Å². The van der Waals surface area contributed by atoms with Gasteiger partial charge < -0.3 is 4.98 Å². The maximum Gasteiger partial charge on any atom is 0.0886 e. The largest absolute Gasteiger partial charge is 0.305 e. The van der Waals surface area contributed by atoms with E-state index in [1.165, 1.54) is 16.7 Å². The molecule has 32 heavy (non-hydrogen) atoms. The Bertz CT molecular complexity index is 1170. The first kappa shape index (κ1) is 23.2. The van der Waals surface area contributed by atoms with Gasteiger partial charge in [0.2, 0.25) is 0 Å². The molecule has 0 aliphatic rings. The van der Waals surface area contributed by atoms with Crippen LogP contribution in [0.1, 0.15) is 5.56 Å². The molecular weight excluding hydrogens is 571 g/mol. The number of hydrogen-bond acceptors (Lipinski definition) is 3. The molecule has 0 fully saturated rings. The zero-order chi connectivity index (χ0) is 21.3. The smallest absolute Gasteiger partial charge is 0.0886 e. The summed E-state index contributed by atoms with van der Waals surface area (Å²) in [5.74, 6) is 0. The Hall–Kier alpha value is -3.46. The fourth-order valence-electron chi connectivity index (χ4n) is 3.08. The number of hydrogen-bond donors (Lipinski definition) is 0. The minimum absolute atomic E-state index is 0. The maximum atomic E-state index is 4.42. The summed E-state index contributed by atoms with van der Waals surface area (Å²) in [5, 5.41) is 0. The van der Waals surface area contributed by atoms with Crippen LogP contribution in [-0.4, -0.2) is 15.0 Å². The molecule has 4 heteroatoms. The SMILES string of the molecule is Cc1ccc(-c2ccnc(-c3[c-]cccc3)c2)cc1.[Ir].c1ccc(-c2ccccn2)nc1. The molecule has 0 saturated heterocycles. The zero-order valence-electron chi connectivity index (χ0n) is 17.6. The van der Waals surface area contributed by atoms with Gasteiger partial charge in [-0.1, -0.05) is 48.0 Å². The van der Waals surface area contributed by atoms with Gasteiger partial charge in [-0.05, 0) is 54.1 Å². The first-order valence-electron chi connectivity index (χ1n) is 10.1. The van der Waals surface area contributed by atoms with E-state index in [0.717, 1.165) is 22.6 Å². The van der Waals surface area contributed by atoms with Crippen LogP contribution in [0.2, 0.25) is 0 Å². The molecule has 0 spiro atoms. The molecule has 0 amide bonds. The van der Waals surface area contributed by atoms with Gasteiger partial charge in [-0.15, -0.1) is 35.9 Å². The van der Waals surface area contributed by atoms with Crippen molar-refractivity contribution in [3.05, 3.63) is 127 Å². The van der Waals surface area contributed by atoms with E-state index in [1.54, 1.807) is 12.4 Å². The quantitative estimate of drug-likeness (QED) is 0.220. The molecule has 159 valence electrons. The summed E-state index contributed by atoms with van der Waals surface area (Å²) in [6.07, 6.45) is 5.39. The molecule has 3 nitrogen and oxygen atoms in total. The number of benzene rings is 2. The second kappa shape index (κ2) is 11.8. The van der Waals surface area contributed by atoms with Crippen LogP contribution in [0, 0.1) is 13.0 Å². The number of aromatic nitrogens is 3. The molecule has 0 atom stereocenters. The standard InChI is InChI=1S/C18H14N.C10H8N2.Ir/c1-14-7-9-15(10-8-14)17-11-12-19-18(13-17)16-5-3-2-4-6-16;1-3-7-11-9(5-1)10-6-2-4-8-12-10;/h2-5,7-13H,1H3;1-8H;/q-1;;. The summed E-state index contributed by atoms with van der Waals surface area (Å²) in [6.45, 7) is 2.10. The van der Waals surface area contributed by atoms with Gasteiger partial charge in [-0.2, -0.15) is 0 Å². The number of nitrogens with zero attached hydrogens (tertiary/aromatic N) is 3. The van der Waals surface area contributed by atoms with Crippen LogP contribution in [0.4, 0.5) is 0 Å². The summed E-state index contributed by atoms with van der Waals surface area (Å²) in [6, 6.07) is 35.4. The van der Waals surface area contributed by atoms with Gasteiger partial charge in [-0.25, -0.2) is 0 Å². The maximum absolute atomic E-state index is 4.42. The number of pyridine rings is 3. The third-order valence-electron chi connectivity index (χ3n) is 4.72. The summed E-state index contributed by atoms with van der Waals surface area (Å²) >= 11 is 0. The van der Waals surface area contributed by atoms with Crippen LogP contribution in [0.15, 0.2) is 116 Å². The monoisotopic (exact) mass is 593 g/mol. The second-order valence-electron chi connectivity index (χ2n) is 7.00. The van der Waals surface area contributed by atoms with Gasteiger partial charge in [-0.3, -0.25) is 9.97 Å². The van der Waals surface area contributed by atoms with E-state index in [4.69, 9.17) is 0 Å². The third-order valence-corrected chi connectivity index (χ3v) is 4.72. The second-order valence-corrected chi connectivity index (χ2v) is 7.00. The summed E-state index contributed by atoms with van der Waals surface area (Å²) < 4.78 is 0. The molecule has 0 aliphatic heterocycles. The van der Waals surface area contributed by atoms with Gasteiger partial charge in [0.25, 0.3) is 0 Å². The Labute approximate surface area is 202 Å². The van der Waals surface area contributed by atoms with Crippen molar-refractivity contribution < 1.29 is 20.1 Å². The summed E-state index contributed by atoms with van der Waals surface area (Å²) in [4.78, 5) is 12.8. The Morgan fingerprint density at radius 3 is 1.75 bits per heavy atom. The first-order valence-corrected chi connectivity index (χ1v) is 10.1. The minimum atomic E-state index is 0. The topological polar surface area (TPSA) is 38.7 Å². The van der Waals surface area contributed by atoms with Crippen molar-refractivity contribution in [1.82, 2.24) is 15.0 Å². The average Bonchev–Trinajstić information content (AvgIpc) is 2.87. The van der Waals surface area contributed by atoms with Crippen molar-refractivity contribution in [1.29, 1.82) is 0 Å². The Morgan fingerprint density at radius 1 is 0.562 bits per heavy atom. The third kappa shape index (κ3) is 6.27. The van der Waals surface area contributed by atoms with Crippen molar-refractivity contribution in [2.45, 2.75) is 6.92 Å². The fraction of sp³-hybridized carbons (Fsp3) is 0.0357. The van der Waals surface area contributed by atoms with Crippen LogP contribution in [0.25, 0.3) is 33.8 Å². The molecule has 1 radical (unpaired) electrons. The summed E-state index contributed by atoms with van der Waals surface area (Å²) in [7, 11) is 0. The Balaban J connectivity index is 0.000000193. The van der Waals surface area contributed by atoms with Gasteiger partial charge in [0.15, 0.2) is 0 Å². The van der Waals surface area contributed by atoms with Crippen molar-refractivity contribution in [2.75, 3.05) is 0 Å². The van der Waals surface area contributed by atoms with Crippen molar-refractivity contribution >= 4 is 0 Å². The predicted octanol–water partition coefficient (Wildman–Crippen LogP) is 6.67. The van der Waals surface area contributed by atoms with E-state index in [2.05, 4.69) is 58.3 Å². The van der Waals surface area contributed by atoms with Gasteiger partial charge in [0.05, 0.1) is 11.4 Å². The van der Waals surface area contributed by atoms with Crippen molar-refractivity contribution in [2.24, 2.45) is 0 Å². The molecule has 0 bridgehead atoms. The molecule has 0 aliphatic carbocycles. The van der Waals surface area contributed by atoms with Crippen LogP contribution in [0.3, 0.4) is 0 Å². The minimum Gasteiger partial charge on any atom is -0.305 e. The van der Waals surface area contributed by atoms with E-state index in [-0.39, 0.29) is 20.1 Å². The molecule has 2 aromatic carbocycles. The van der Waals surface area contributed by atoms with E-state index in [9.17, 15) is 0 Å². The molecule has 0 unspecified atom stereocenters. The van der Waals surface area contributed by atoms with E-state index in [1.807, 2.05) is 72.9 Å². The first-order chi connectivity index (χ1) is 15.3. The number of rotatable bonds is 3. The van der Waals surface area contributed by atoms with Crippen LogP contribution >= 0.6 is 0 Å². The molecule has 3 aromatic heterocycles. The van der Waals surface area contributed by atoms with Crippen molar-refractivity contribution in [3.8, 4) is 33.8 Å². The normalized spacial score (nSPS) is 9.78. The van der Waals surface area contributed by atoms with Crippen LogP contribution < -0.4 is 0 Å². The molecular formula is C28H22IrN3-. The zero-order valence-corrected chi connectivity index (χ0v) is 20.0. The van der Waals surface area contributed by atoms with Gasteiger partial charge >= 0.3 is 0 Å². The van der Waals surface area contributed by atoms with E-state index < -0.39 is 0 Å². The molecule has 5 rings (SSSR count). The molecule has 3 heterocycles. The average molecular weight is 593 g/mol. The van der Waals surface area contributed by atoms with E-state index in [0.29, 0.717) is 0 Å². The molecule has 5 aromatic rings. The molecule has 0 N–H and O–H groups in total. The van der Waals surface area contributed by atoms with Crippen LogP contribution in [0.5, 0.6) is 0 Å². The van der Waals surface area contributed by atoms with Crippen LogP contribution in [-0.2, 0) is 20.1 Å². The summed E-state index contributed by atoms with van der Waals surface area (Å²) in [5.41, 5.74) is 7.48. The fourth-order valence-corrected chi connectivity index (χ4v) is 3.08. The van der Waals surface area contributed by atoms with Gasteiger partial charge in [0, 0.05) is 38.7 Å². The predicted molar refractivity (Wildman–Crippen MR) is 126 cm³/mol. The van der Waals surface area contributed by atoms with Gasteiger partial charge in [0.1, 0.15) is 0 Å². The number of aryl methyl sites for hydroxylation is 1. The van der Waals surface area contributed by atoms with E-state index >= 15 is 0 Å². The Morgan fingerprint density at radius 2 is 1.19 bits per heavy atom.